The van der Waals surface area contributed by atoms with Crippen LogP contribution in [0.1, 0.15) is 103 Å². The summed E-state index contributed by atoms with van der Waals surface area (Å²) in [5.74, 6) is 0. The van der Waals surface area contributed by atoms with Crippen molar-refractivity contribution in [3.8, 4) is 0 Å². The van der Waals surface area contributed by atoms with Crippen molar-refractivity contribution >= 4 is 7.92 Å². The normalized spacial score (nSPS) is 28.0. The van der Waals surface area contributed by atoms with Gasteiger partial charge in [0.25, 0.3) is 0 Å². The standard InChI is InChI=1S/C18H33P.C3H6O/c1-4-10-16(11-5-1)19(17-12-6-2-7-13-17)18-14-8-3-9-15-18;1-2-4-3-1/h16-18H,1-15H2;1-3H2. The maximum atomic E-state index is 4.72. The summed E-state index contributed by atoms with van der Waals surface area (Å²) in [6.07, 6.45) is 24.9. The molecule has 1 heterocycles. The van der Waals surface area contributed by atoms with Crippen LogP contribution in [0.4, 0.5) is 0 Å². The topological polar surface area (TPSA) is 9.23 Å². The molecule has 2 heteroatoms. The summed E-state index contributed by atoms with van der Waals surface area (Å²) >= 11 is 0. The summed E-state index contributed by atoms with van der Waals surface area (Å²) in [4.78, 5) is 0. The van der Waals surface area contributed by atoms with Crippen LogP contribution in [0, 0.1) is 0 Å². The molecule has 0 aromatic carbocycles. The Morgan fingerprint density at radius 1 is 0.435 bits per heavy atom. The Kier molecular flexibility index (Phi) is 8.22. The van der Waals surface area contributed by atoms with Gasteiger partial charge in [-0.25, -0.2) is 0 Å². The lowest BCUT2D eigenvalue weighted by molar-refractivity contribution is 0.0367. The number of hydrogen-bond donors (Lipinski definition) is 0. The van der Waals surface area contributed by atoms with Gasteiger partial charge in [0.1, 0.15) is 0 Å². The van der Waals surface area contributed by atoms with E-state index in [1.54, 1.807) is 77.0 Å². The van der Waals surface area contributed by atoms with Crippen molar-refractivity contribution in [1.29, 1.82) is 0 Å². The lowest BCUT2D eigenvalue weighted by Crippen LogP contribution is -2.28. The highest BCUT2D eigenvalue weighted by molar-refractivity contribution is 7.59. The van der Waals surface area contributed by atoms with Gasteiger partial charge < -0.3 is 4.74 Å². The van der Waals surface area contributed by atoms with Gasteiger partial charge in [0.15, 0.2) is 0 Å². The molecule has 4 aliphatic rings. The van der Waals surface area contributed by atoms with Crippen molar-refractivity contribution in [3.05, 3.63) is 0 Å². The summed E-state index contributed by atoms with van der Waals surface area (Å²) in [6.45, 7) is 2.00. The van der Waals surface area contributed by atoms with E-state index in [1.165, 1.54) is 42.7 Å². The fourth-order valence-electron chi connectivity index (χ4n) is 5.18. The Morgan fingerprint density at radius 3 is 0.913 bits per heavy atom. The summed E-state index contributed by atoms with van der Waals surface area (Å²) < 4.78 is 4.72. The molecule has 0 atom stereocenters. The average molecular weight is 339 g/mol. The number of hydrogen-bond acceptors (Lipinski definition) is 1. The van der Waals surface area contributed by atoms with Crippen LogP contribution in [0.2, 0.25) is 0 Å². The lowest BCUT2D eigenvalue weighted by atomic mass is 9.99. The van der Waals surface area contributed by atoms with Crippen LogP contribution in [0.5, 0.6) is 0 Å². The smallest absolute Gasteiger partial charge is 0.0488 e. The molecule has 0 radical (unpaired) electrons. The Bertz CT molecular complexity index is 250. The highest BCUT2D eigenvalue weighted by Gasteiger charge is 2.36. The van der Waals surface area contributed by atoms with Gasteiger partial charge in [-0.3, -0.25) is 0 Å². The van der Waals surface area contributed by atoms with Crippen LogP contribution in [0.15, 0.2) is 0 Å². The minimum absolute atomic E-state index is 0.385. The summed E-state index contributed by atoms with van der Waals surface area (Å²) in [6, 6.07) is 0. The van der Waals surface area contributed by atoms with Crippen molar-refractivity contribution in [2.75, 3.05) is 13.2 Å². The van der Waals surface area contributed by atoms with Crippen LogP contribution in [0.25, 0.3) is 0 Å². The molecular weight excluding hydrogens is 299 g/mol. The van der Waals surface area contributed by atoms with Gasteiger partial charge in [-0.2, -0.15) is 0 Å². The highest BCUT2D eigenvalue weighted by Crippen LogP contribution is 2.61. The maximum Gasteiger partial charge on any atom is 0.0488 e. The second kappa shape index (κ2) is 10.4. The first kappa shape index (κ1) is 18.2. The van der Waals surface area contributed by atoms with Crippen LogP contribution < -0.4 is 0 Å². The number of ether oxygens (including phenoxy) is 1. The quantitative estimate of drug-likeness (QED) is 0.510. The maximum absolute atomic E-state index is 4.72. The second-order valence-corrected chi connectivity index (χ2v) is 11.4. The van der Waals surface area contributed by atoms with E-state index in [0.29, 0.717) is 7.92 Å². The van der Waals surface area contributed by atoms with E-state index in [-0.39, 0.29) is 0 Å². The van der Waals surface area contributed by atoms with Crippen molar-refractivity contribution in [2.45, 2.75) is 120 Å². The zero-order valence-corrected chi connectivity index (χ0v) is 16.2. The minimum Gasteiger partial charge on any atom is -0.381 e. The average Bonchev–Trinajstić information content (AvgIpc) is 2.57. The van der Waals surface area contributed by atoms with Gasteiger partial charge in [0.2, 0.25) is 0 Å². The molecule has 134 valence electrons. The molecule has 0 N–H and O–H groups in total. The Hall–Kier alpha value is 0.390. The lowest BCUT2D eigenvalue weighted by Gasteiger charge is -2.44. The van der Waals surface area contributed by atoms with Crippen molar-refractivity contribution < 1.29 is 4.74 Å². The zero-order valence-electron chi connectivity index (χ0n) is 15.3. The van der Waals surface area contributed by atoms with Crippen LogP contribution in [-0.4, -0.2) is 30.2 Å². The Labute approximate surface area is 146 Å². The van der Waals surface area contributed by atoms with Gasteiger partial charge in [0.05, 0.1) is 0 Å². The second-order valence-electron chi connectivity index (χ2n) is 8.29. The van der Waals surface area contributed by atoms with Crippen molar-refractivity contribution in [3.63, 3.8) is 0 Å². The Balaban J connectivity index is 0.000000341. The predicted octanol–water partition coefficient (Wildman–Crippen LogP) is 6.87. The van der Waals surface area contributed by atoms with E-state index in [1.807, 2.05) is 0 Å². The molecule has 4 rings (SSSR count). The van der Waals surface area contributed by atoms with Crippen molar-refractivity contribution in [1.82, 2.24) is 0 Å². The van der Waals surface area contributed by atoms with Gasteiger partial charge >= 0.3 is 0 Å². The summed E-state index contributed by atoms with van der Waals surface area (Å²) in [7, 11) is 0.385. The van der Waals surface area contributed by atoms with E-state index in [9.17, 15) is 0 Å². The summed E-state index contributed by atoms with van der Waals surface area (Å²) in [5, 5.41) is 0. The first-order valence-corrected chi connectivity index (χ1v) is 12.4. The predicted molar refractivity (Wildman–Crippen MR) is 103 cm³/mol. The van der Waals surface area contributed by atoms with E-state index in [4.69, 9.17) is 4.74 Å². The molecule has 1 nitrogen and oxygen atoms in total. The van der Waals surface area contributed by atoms with E-state index in [0.717, 1.165) is 13.2 Å². The fraction of sp³-hybridized carbons (Fsp3) is 1.00. The van der Waals surface area contributed by atoms with Crippen LogP contribution in [-0.2, 0) is 4.74 Å². The van der Waals surface area contributed by atoms with Gasteiger partial charge in [-0.05, 0) is 61.9 Å². The zero-order chi connectivity index (χ0) is 15.7. The molecule has 0 aromatic rings. The first-order chi connectivity index (χ1) is 11.4. The molecule has 23 heavy (non-hydrogen) atoms. The van der Waals surface area contributed by atoms with Gasteiger partial charge in [0, 0.05) is 13.2 Å². The van der Waals surface area contributed by atoms with Crippen LogP contribution >= 0.6 is 7.92 Å². The molecule has 0 amide bonds. The van der Waals surface area contributed by atoms with E-state index < -0.39 is 0 Å². The molecule has 3 saturated carbocycles. The molecule has 1 saturated heterocycles. The molecule has 3 aliphatic carbocycles. The minimum atomic E-state index is 0.385. The van der Waals surface area contributed by atoms with Crippen molar-refractivity contribution in [2.24, 2.45) is 0 Å². The molecule has 0 spiro atoms. The Morgan fingerprint density at radius 2 is 0.696 bits per heavy atom. The summed E-state index contributed by atoms with van der Waals surface area (Å²) in [5.41, 5.74) is 3.57. The van der Waals surface area contributed by atoms with E-state index in [2.05, 4.69) is 0 Å². The third-order valence-corrected chi connectivity index (χ3v) is 10.6. The highest BCUT2D eigenvalue weighted by atomic mass is 31.1. The molecule has 1 aliphatic heterocycles. The molecule has 0 aromatic heterocycles. The fourth-order valence-corrected chi connectivity index (χ4v) is 9.85. The van der Waals surface area contributed by atoms with Gasteiger partial charge in [-0.15, -0.1) is 0 Å². The largest absolute Gasteiger partial charge is 0.381 e. The molecular formula is C21H39OP. The van der Waals surface area contributed by atoms with Crippen LogP contribution in [0.3, 0.4) is 0 Å². The number of rotatable bonds is 3. The first-order valence-electron chi connectivity index (χ1n) is 10.8. The third-order valence-electron chi connectivity index (χ3n) is 6.57. The molecule has 4 fully saturated rings. The molecule has 0 unspecified atom stereocenters. The molecule has 0 bridgehead atoms. The third kappa shape index (κ3) is 5.71. The van der Waals surface area contributed by atoms with E-state index >= 15 is 0 Å². The monoisotopic (exact) mass is 338 g/mol. The van der Waals surface area contributed by atoms with Gasteiger partial charge in [-0.1, -0.05) is 65.7 Å². The SMILES string of the molecule is C1CCC(P(C2CCCCC2)C2CCCCC2)CC1.C1COC1.